The highest BCUT2D eigenvalue weighted by Gasteiger charge is 2.13. The van der Waals surface area contributed by atoms with Gasteiger partial charge in [-0.1, -0.05) is 32.0 Å². The molecule has 0 aromatic heterocycles. The fourth-order valence-corrected chi connectivity index (χ4v) is 2.39. The second-order valence-corrected chi connectivity index (χ2v) is 5.41. The maximum atomic E-state index is 3.59. The number of benzene rings is 1. The Balaban J connectivity index is 2.03. The number of fused-ring (bicyclic) bond motifs is 1. The van der Waals surface area contributed by atoms with Gasteiger partial charge in [-0.3, -0.25) is 0 Å². The van der Waals surface area contributed by atoms with Crippen molar-refractivity contribution in [3.63, 3.8) is 0 Å². The monoisotopic (exact) mass is 217 g/mol. The van der Waals surface area contributed by atoms with Crippen molar-refractivity contribution < 1.29 is 0 Å². The number of nitrogens with one attached hydrogen (secondary N) is 1. The summed E-state index contributed by atoms with van der Waals surface area (Å²) < 4.78 is 0. The van der Waals surface area contributed by atoms with Crippen molar-refractivity contribution in [3.8, 4) is 0 Å². The van der Waals surface area contributed by atoms with Gasteiger partial charge < -0.3 is 5.32 Å². The van der Waals surface area contributed by atoms with Crippen LogP contribution in [0, 0.1) is 5.92 Å². The first-order valence-electron chi connectivity index (χ1n) is 6.52. The van der Waals surface area contributed by atoms with Crippen LogP contribution in [0.25, 0.3) is 0 Å². The molecule has 1 aliphatic rings. The van der Waals surface area contributed by atoms with Crippen LogP contribution in [0.4, 0.5) is 0 Å². The normalized spacial score (nSPS) is 16.5. The van der Waals surface area contributed by atoms with Crippen molar-refractivity contribution in [3.05, 3.63) is 34.9 Å². The minimum Gasteiger partial charge on any atom is -0.310 e. The zero-order chi connectivity index (χ0) is 11.5. The summed E-state index contributed by atoms with van der Waals surface area (Å²) in [5.74, 6) is 0.719. The molecule has 0 saturated heterocycles. The summed E-state index contributed by atoms with van der Waals surface area (Å²) in [7, 11) is 0. The first-order chi connectivity index (χ1) is 7.66. The van der Waals surface area contributed by atoms with Crippen molar-refractivity contribution in [2.45, 2.75) is 46.1 Å². The molecule has 1 heteroatoms. The van der Waals surface area contributed by atoms with Crippen LogP contribution in [-0.2, 0) is 12.8 Å². The van der Waals surface area contributed by atoms with E-state index in [9.17, 15) is 0 Å². The molecule has 0 heterocycles. The van der Waals surface area contributed by atoms with E-state index in [1.54, 1.807) is 11.1 Å². The van der Waals surface area contributed by atoms with Crippen LogP contribution in [-0.4, -0.2) is 6.54 Å². The molecule has 0 amide bonds. The Bertz CT molecular complexity index is 354. The molecule has 0 spiro atoms. The number of aryl methyl sites for hydroxylation is 2. The second kappa shape index (κ2) is 5.01. The lowest BCUT2D eigenvalue weighted by Crippen LogP contribution is -2.23. The van der Waals surface area contributed by atoms with Gasteiger partial charge in [0.2, 0.25) is 0 Å². The van der Waals surface area contributed by atoms with E-state index in [4.69, 9.17) is 0 Å². The van der Waals surface area contributed by atoms with Crippen LogP contribution < -0.4 is 5.32 Å². The molecule has 1 atom stereocenters. The lowest BCUT2D eigenvalue weighted by molar-refractivity contribution is 0.496. The fourth-order valence-electron chi connectivity index (χ4n) is 2.39. The van der Waals surface area contributed by atoms with Crippen molar-refractivity contribution >= 4 is 0 Å². The molecule has 16 heavy (non-hydrogen) atoms. The SMILES string of the molecule is CC(C)CNC(C)c1ccc2c(c1)CCC2. The van der Waals surface area contributed by atoms with Gasteiger partial charge in [-0.25, -0.2) is 0 Å². The van der Waals surface area contributed by atoms with E-state index in [1.807, 2.05) is 0 Å². The summed E-state index contributed by atoms with van der Waals surface area (Å²) in [5, 5.41) is 3.59. The van der Waals surface area contributed by atoms with Crippen molar-refractivity contribution in [1.29, 1.82) is 0 Å². The Morgan fingerprint density at radius 1 is 1.12 bits per heavy atom. The van der Waals surface area contributed by atoms with Crippen molar-refractivity contribution in [2.24, 2.45) is 5.92 Å². The number of hydrogen-bond acceptors (Lipinski definition) is 1. The van der Waals surface area contributed by atoms with Crippen LogP contribution in [0.2, 0.25) is 0 Å². The largest absolute Gasteiger partial charge is 0.310 e. The average molecular weight is 217 g/mol. The quantitative estimate of drug-likeness (QED) is 0.814. The zero-order valence-corrected chi connectivity index (χ0v) is 10.7. The van der Waals surface area contributed by atoms with Gasteiger partial charge in [0.25, 0.3) is 0 Å². The number of hydrogen-bond donors (Lipinski definition) is 1. The van der Waals surface area contributed by atoms with Gasteiger partial charge >= 0.3 is 0 Å². The van der Waals surface area contributed by atoms with E-state index >= 15 is 0 Å². The second-order valence-electron chi connectivity index (χ2n) is 5.41. The molecule has 2 rings (SSSR count). The summed E-state index contributed by atoms with van der Waals surface area (Å²) in [6.45, 7) is 7.86. The Morgan fingerprint density at radius 3 is 2.62 bits per heavy atom. The average Bonchev–Trinajstić information content (AvgIpc) is 2.72. The van der Waals surface area contributed by atoms with Gasteiger partial charge in [0.1, 0.15) is 0 Å². The van der Waals surface area contributed by atoms with Crippen LogP contribution in [0.3, 0.4) is 0 Å². The fraction of sp³-hybridized carbons (Fsp3) is 0.600. The minimum atomic E-state index is 0.480. The van der Waals surface area contributed by atoms with Gasteiger partial charge in [0, 0.05) is 6.04 Å². The lowest BCUT2D eigenvalue weighted by atomic mass is 10.0. The Kier molecular flexibility index (Phi) is 3.65. The summed E-state index contributed by atoms with van der Waals surface area (Å²) in [5.41, 5.74) is 4.59. The summed E-state index contributed by atoms with van der Waals surface area (Å²) >= 11 is 0. The van der Waals surface area contributed by atoms with Crippen LogP contribution in [0.15, 0.2) is 18.2 Å². The number of rotatable bonds is 4. The van der Waals surface area contributed by atoms with E-state index in [0.29, 0.717) is 6.04 Å². The molecule has 0 aliphatic heterocycles. The molecule has 0 bridgehead atoms. The molecule has 1 nitrogen and oxygen atoms in total. The molecule has 0 fully saturated rings. The first-order valence-corrected chi connectivity index (χ1v) is 6.52. The van der Waals surface area contributed by atoms with Gasteiger partial charge in [0.05, 0.1) is 0 Å². The van der Waals surface area contributed by atoms with E-state index < -0.39 is 0 Å². The Morgan fingerprint density at radius 2 is 1.88 bits per heavy atom. The van der Waals surface area contributed by atoms with Crippen LogP contribution in [0.5, 0.6) is 0 Å². The summed E-state index contributed by atoms with van der Waals surface area (Å²) in [6.07, 6.45) is 3.90. The van der Waals surface area contributed by atoms with Gasteiger partial charge in [-0.2, -0.15) is 0 Å². The van der Waals surface area contributed by atoms with Crippen LogP contribution >= 0.6 is 0 Å². The first kappa shape index (κ1) is 11.7. The maximum Gasteiger partial charge on any atom is 0.0292 e. The van der Waals surface area contributed by atoms with E-state index in [0.717, 1.165) is 12.5 Å². The smallest absolute Gasteiger partial charge is 0.0292 e. The molecular formula is C15H23N. The molecule has 88 valence electrons. The molecule has 1 unspecified atom stereocenters. The highest BCUT2D eigenvalue weighted by atomic mass is 14.9. The zero-order valence-electron chi connectivity index (χ0n) is 10.7. The maximum absolute atomic E-state index is 3.59. The summed E-state index contributed by atoms with van der Waals surface area (Å²) in [4.78, 5) is 0. The van der Waals surface area contributed by atoms with E-state index in [-0.39, 0.29) is 0 Å². The van der Waals surface area contributed by atoms with Crippen molar-refractivity contribution in [1.82, 2.24) is 5.32 Å². The van der Waals surface area contributed by atoms with Crippen molar-refractivity contribution in [2.75, 3.05) is 6.54 Å². The Labute approximate surface area is 99.3 Å². The van der Waals surface area contributed by atoms with Gasteiger partial charge in [0.15, 0.2) is 0 Å². The molecular weight excluding hydrogens is 194 g/mol. The highest BCUT2D eigenvalue weighted by molar-refractivity contribution is 5.36. The molecule has 1 aromatic carbocycles. The summed E-state index contributed by atoms with van der Waals surface area (Å²) in [6, 6.07) is 7.50. The predicted octanol–water partition coefficient (Wildman–Crippen LogP) is 3.48. The molecule has 0 saturated carbocycles. The lowest BCUT2D eigenvalue weighted by Gasteiger charge is -2.17. The molecule has 0 radical (unpaired) electrons. The highest BCUT2D eigenvalue weighted by Crippen LogP contribution is 2.25. The standard InChI is InChI=1S/C15H23N/c1-11(2)10-16-12(3)14-8-7-13-5-4-6-15(13)9-14/h7-9,11-12,16H,4-6,10H2,1-3H3. The topological polar surface area (TPSA) is 12.0 Å². The van der Waals surface area contributed by atoms with Crippen LogP contribution in [0.1, 0.15) is 49.9 Å². The minimum absolute atomic E-state index is 0.480. The van der Waals surface area contributed by atoms with E-state index in [2.05, 4.69) is 44.3 Å². The molecule has 1 aromatic rings. The van der Waals surface area contributed by atoms with Gasteiger partial charge in [-0.15, -0.1) is 0 Å². The molecule has 1 N–H and O–H groups in total. The molecule has 1 aliphatic carbocycles. The third-order valence-electron chi connectivity index (χ3n) is 3.45. The third-order valence-corrected chi connectivity index (χ3v) is 3.45. The predicted molar refractivity (Wildman–Crippen MR) is 69.7 cm³/mol. The third kappa shape index (κ3) is 2.65. The van der Waals surface area contributed by atoms with Gasteiger partial charge in [-0.05, 0) is 55.3 Å². The Hall–Kier alpha value is -0.820. The van der Waals surface area contributed by atoms with E-state index in [1.165, 1.54) is 24.8 Å².